The van der Waals surface area contributed by atoms with Crippen LogP contribution in [0.2, 0.25) is 0 Å². The summed E-state index contributed by atoms with van der Waals surface area (Å²) in [7, 11) is 0. The Morgan fingerprint density at radius 1 is 0.923 bits per heavy atom. The van der Waals surface area contributed by atoms with Crippen LogP contribution in [-0.4, -0.2) is 58.9 Å². The van der Waals surface area contributed by atoms with Crippen LogP contribution >= 0.6 is 0 Å². The number of carbonyl (C=O) groups excluding carboxylic acids is 1. The zero-order valence-electron chi connectivity index (χ0n) is 21.1. The predicted octanol–water partition coefficient (Wildman–Crippen LogP) is 3.44. The van der Waals surface area contributed by atoms with Gasteiger partial charge in [0.15, 0.2) is 11.5 Å². The number of aromatic nitrogens is 5. The van der Waals surface area contributed by atoms with E-state index in [9.17, 15) is 14.7 Å². The fraction of sp³-hybridized carbons (Fsp3) is 0.207. The third kappa shape index (κ3) is 5.01. The predicted molar refractivity (Wildman–Crippen MR) is 144 cm³/mol. The number of hydrogen-bond donors (Lipinski definition) is 1. The van der Waals surface area contributed by atoms with Crippen molar-refractivity contribution in [2.24, 2.45) is 0 Å². The van der Waals surface area contributed by atoms with Gasteiger partial charge in [0, 0.05) is 24.8 Å². The smallest absolute Gasteiger partial charge is 0.264 e. The molecule has 39 heavy (non-hydrogen) atoms. The van der Waals surface area contributed by atoms with Crippen molar-refractivity contribution < 1.29 is 14.6 Å². The van der Waals surface area contributed by atoms with Crippen LogP contribution in [0.5, 0.6) is 11.5 Å². The van der Waals surface area contributed by atoms with Crippen molar-refractivity contribution in [2.45, 2.75) is 25.0 Å². The number of pyridine rings is 1. The highest BCUT2D eigenvalue weighted by Gasteiger charge is 2.35. The van der Waals surface area contributed by atoms with Gasteiger partial charge >= 0.3 is 0 Å². The van der Waals surface area contributed by atoms with Gasteiger partial charge < -0.3 is 14.7 Å². The number of carbonyl (C=O) groups is 1. The Hall–Kier alpha value is -4.83. The molecule has 4 heterocycles. The molecule has 3 aromatic heterocycles. The molecule has 10 heteroatoms. The van der Waals surface area contributed by atoms with Crippen molar-refractivity contribution >= 4 is 16.9 Å². The lowest BCUT2D eigenvalue weighted by atomic mass is 9.91. The van der Waals surface area contributed by atoms with E-state index in [1.165, 1.54) is 21.8 Å². The van der Waals surface area contributed by atoms with Gasteiger partial charge in [-0.25, -0.2) is 9.97 Å². The normalized spacial score (nSPS) is 14.8. The molecule has 5 aromatic rings. The molecule has 0 aliphatic carbocycles. The van der Waals surface area contributed by atoms with Crippen LogP contribution in [0.3, 0.4) is 0 Å². The molecule has 0 saturated carbocycles. The summed E-state index contributed by atoms with van der Waals surface area (Å²) in [6, 6.07) is 21.9. The van der Waals surface area contributed by atoms with Crippen LogP contribution in [0.25, 0.3) is 16.9 Å². The molecule has 0 atom stereocenters. The third-order valence-electron chi connectivity index (χ3n) is 6.95. The lowest BCUT2D eigenvalue weighted by Gasteiger charge is -2.38. The van der Waals surface area contributed by atoms with E-state index in [1.807, 2.05) is 36.4 Å². The molecule has 1 amide bonds. The molecule has 10 nitrogen and oxygen atoms in total. The molecule has 6 rings (SSSR count). The summed E-state index contributed by atoms with van der Waals surface area (Å²) < 4.78 is 8.73. The summed E-state index contributed by atoms with van der Waals surface area (Å²) in [5.41, 5.74) is -0.466. The minimum atomic E-state index is -1.14. The van der Waals surface area contributed by atoms with Crippen molar-refractivity contribution in [3.63, 3.8) is 0 Å². The molecule has 1 aliphatic rings. The summed E-state index contributed by atoms with van der Waals surface area (Å²) in [4.78, 5) is 36.7. The molecule has 196 valence electrons. The van der Waals surface area contributed by atoms with Crippen LogP contribution in [-0.2, 0) is 6.54 Å². The number of rotatable bonds is 6. The minimum Gasteiger partial charge on any atom is -0.457 e. The summed E-state index contributed by atoms with van der Waals surface area (Å²) in [5.74, 6) is 1.83. The maximum Gasteiger partial charge on any atom is 0.264 e. The lowest BCUT2D eigenvalue weighted by molar-refractivity contribution is -0.0299. The average Bonchev–Trinajstić information content (AvgIpc) is 3.41. The molecule has 0 radical (unpaired) electrons. The van der Waals surface area contributed by atoms with E-state index in [0.717, 1.165) is 5.75 Å². The van der Waals surface area contributed by atoms with Gasteiger partial charge in [0.1, 0.15) is 23.2 Å². The van der Waals surface area contributed by atoms with Crippen LogP contribution in [0.1, 0.15) is 23.2 Å². The van der Waals surface area contributed by atoms with Gasteiger partial charge in [-0.05, 0) is 61.4 Å². The molecule has 0 unspecified atom stereocenters. The lowest BCUT2D eigenvalue weighted by Crippen LogP contribution is -2.49. The van der Waals surface area contributed by atoms with Gasteiger partial charge in [-0.15, -0.1) is 0 Å². The van der Waals surface area contributed by atoms with Gasteiger partial charge in [0.2, 0.25) is 0 Å². The number of hydrogen-bond acceptors (Lipinski definition) is 7. The number of nitrogens with zero attached hydrogens (tertiary/aromatic N) is 6. The van der Waals surface area contributed by atoms with E-state index in [2.05, 4.69) is 15.1 Å². The van der Waals surface area contributed by atoms with E-state index in [1.54, 1.807) is 47.5 Å². The number of para-hydroxylation sites is 1. The van der Waals surface area contributed by atoms with E-state index in [0.29, 0.717) is 54.1 Å². The maximum absolute atomic E-state index is 13.2. The second-order valence-electron chi connectivity index (χ2n) is 9.62. The fourth-order valence-electron chi connectivity index (χ4n) is 4.78. The molecule has 0 spiro atoms. The second kappa shape index (κ2) is 10.1. The molecule has 1 aliphatic heterocycles. The van der Waals surface area contributed by atoms with Crippen molar-refractivity contribution in [1.29, 1.82) is 0 Å². The van der Waals surface area contributed by atoms with Gasteiger partial charge in [-0.3, -0.25) is 14.2 Å². The Kier molecular flexibility index (Phi) is 6.37. The first-order valence-electron chi connectivity index (χ1n) is 12.7. The monoisotopic (exact) mass is 522 g/mol. The quantitative estimate of drug-likeness (QED) is 0.363. The van der Waals surface area contributed by atoms with Gasteiger partial charge in [0.25, 0.3) is 11.5 Å². The molecule has 1 saturated heterocycles. The summed E-state index contributed by atoms with van der Waals surface area (Å²) >= 11 is 0. The topological polar surface area (TPSA) is 115 Å². The number of amides is 1. The SMILES string of the molecule is O=C(c1ccc(Oc2ccccc2)cc1)N1CCC(O)(Cn2cnc3c(cnn3-c3ccccn3)c2=O)CC1. The zero-order chi connectivity index (χ0) is 26.8. The molecule has 1 N–H and O–H groups in total. The van der Waals surface area contributed by atoms with E-state index >= 15 is 0 Å². The number of fused-ring (bicyclic) bond motifs is 1. The van der Waals surface area contributed by atoms with Gasteiger partial charge in [-0.1, -0.05) is 24.3 Å². The van der Waals surface area contributed by atoms with Crippen molar-refractivity contribution in [1.82, 2.24) is 29.2 Å². The summed E-state index contributed by atoms with van der Waals surface area (Å²) in [6.45, 7) is 0.830. The van der Waals surface area contributed by atoms with Crippen molar-refractivity contribution in [2.75, 3.05) is 13.1 Å². The fourth-order valence-corrected chi connectivity index (χ4v) is 4.78. The summed E-state index contributed by atoms with van der Waals surface area (Å²) in [6.07, 6.45) is 5.22. The molecule has 0 bridgehead atoms. The average molecular weight is 523 g/mol. The highest BCUT2D eigenvalue weighted by Crippen LogP contribution is 2.26. The number of piperidine rings is 1. The van der Waals surface area contributed by atoms with E-state index in [-0.39, 0.29) is 18.0 Å². The first-order valence-corrected chi connectivity index (χ1v) is 12.7. The number of ether oxygens (including phenoxy) is 1. The van der Waals surface area contributed by atoms with E-state index in [4.69, 9.17) is 4.74 Å². The zero-order valence-corrected chi connectivity index (χ0v) is 21.1. The largest absolute Gasteiger partial charge is 0.457 e. The Bertz CT molecular complexity index is 1660. The van der Waals surface area contributed by atoms with Crippen LogP contribution in [0, 0.1) is 0 Å². The molecular formula is C29H26N6O4. The highest BCUT2D eigenvalue weighted by molar-refractivity contribution is 5.94. The van der Waals surface area contributed by atoms with Crippen LogP contribution < -0.4 is 10.3 Å². The second-order valence-corrected chi connectivity index (χ2v) is 9.62. The molecule has 1 fully saturated rings. The Morgan fingerprint density at radius 2 is 1.64 bits per heavy atom. The van der Waals surface area contributed by atoms with Crippen LogP contribution in [0.4, 0.5) is 0 Å². The molecule has 2 aromatic carbocycles. The highest BCUT2D eigenvalue weighted by atomic mass is 16.5. The first-order chi connectivity index (χ1) is 19.0. The maximum atomic E-state index is 13.2. The van der Waals surface area contributed by atoms with Crippen molar-refractivity contribution in [3.05, 3.63) is 107 Å². The minimum absolute atomic E-state index is 0.0804. The first kappa shape index (κ1) is 24.5. The number of likely N-dealkylation sites (tertiary alicyclic amines) is 1. The van der Waals surface area contributed by atoms with Crippen molar-refractivity contribution in [3.8, 4) is 17.3 Å². The number of benzene rings is 2. The number of aliphatic hydroxyl groups is 1. The molecular weight excluding hydrogens is 496 g/mol. The van der Waals surface area contributed by atoms with Gasteiger partial charge in [-0.2, -0.15) is 9.78 Å². The Balaban J connectivity index is 1.11. The Labute approximate surface area is 223 Å². The third-order valence-corrected chi connectivity index (χ3v) is 6.95. The van der Waals surface area contributed by atoms with E-state index < -0.39 is 5.60 Å². The van der Waals surface area contributed by atoms with Crippen LogP contribution in [0.15, 0.2) is 96.3 Å². The van der Waals surface area contributed by atoms with Gasteiger partial charge in [0.05, 0.1) is 18.3 Å². The summed E-state index contributed by atoms with van der Waals surface area (Å²) in [5, 5.41) is 15.9. The standard InChI is InChI=1S/C29H26N6O4/c36-27(21-9-11-23(12-10-21)39-22-6-2-1-3-7-22)33-16-13-29(38,14-17-33)19-34-20-31-26-24(28(34)37)18-32-35(26)25-8-4-5-15-30-25/h1-12,15,18,20,38H,13-14,16-17,19H2. The Morgan fingerprint density at radius 3 is 2.36 bits per heavy atom.